The lowest BCUT2D eigenvalue weighted by Gasteiger charge is -2.34. The van der Waals surface area contributed by atoms with Crippen LogP contribution in [0.2, 0.25) is 0 Å². The van der Waals surface area contributed by atoms with Crippen molar-refractivity contribution < 1.29 is 17.9 Å². The summed E-state index contributed by atoms with van der Waals surface area (Å²) in [5.74, 6) is 0.735. The number of ether oxygens (including phenoxy) is 1. The highest BCUT2D eigenvalue weighted by Crippen LogP contribution is 2.23. The van der Waals surface area contributed by atoms with Crippen LogP contribution in [0.4, 0.5) is 4.79 Å². The zero-order valence-electron chi connectivity index (χ0n) is 17.6. The van der Waals surface area contributed by atoms with Crippen LogP contribution in [0.3, 0.4) is 0 Å². The zero-order chi connectivity index (χ0) is 22.0. The summed E-state index contributed by atoms with van der Waals surface area (Å²) in [6.45, 7) is 1.60. The Morgan fingerprint density at radius 1 is 1.06 bits per heavy atom. The maximum atomic E-state index is 13.1. The normalized spacial score (nSPS) is 15.2. The van der Waals surface area contributed by atoms with Gasteiger partial charge in [-0.25, -0.2) is 13.2 Å². The van der Waals surface area contributed by atoms with Gasteiger partial charge in [-0.2, -0.15) is 4.31 Å². The van der Waals surface area contributed by atoms with E-state index in [4.69, 9.17) is 4.74 Å². The maximum Gasteiger partial charge on any atom is 0.317 e. The Kier molecular flexibility index (Phi) is 5.88. The number of hydrogen-bond donors (Lipinski definition) is 1. The summed E-state index contributed by atoms with van der Waals surface area (Å²) in [4.78, 5) is 14.4. The van der Waals surface area contributed by atoms with Gasteiger partial charge in [0, 0.05) is 56.9 Å². The molecule has 0 aliphatic carbocycles. The summed E-state index contributed by atoms with van der Waals surface area (Å²) in [6, 6.07) is 14.4. The number of nitrogens with one attached hydrogen (secondary N) is 1. The Balaban J connectivity index is 1.36. The molecule has 2 heterocycles. The van der Waals surface area contributed by atoms with E-state index in [2.05, 4.69) is 5.32 Å². The number of piperazine rings is 1. The molecule has 1 aromatic heterocycles. The van der Waals surface area contributed by atoms with Crippen LogP contribution in [-0.2, 0) is 23.6 Å². The number of urea groups is 1. The third-order valence-electron chi connectivity index (χ3n) is 5.60. The molecular formula is C22H26N4O4S. The Morgan fingerprint density at radius 2 is 1.84 bits per heavy atom. The lowest BCUT2D eigenvalue weighted by atomic mass is 10.2. The number of sulfonamides is 1. The number of carbonyl (C=O) groups is 1. The van der Waals surface area contributed by atoms with Gasteiger partial charge in [-0.15, -0.1) is 0 Å². The van der Waals surface area contributed by atoms with Crippen molar-refractivity contribution in [3.05, 3.63) is 60.3 Å². The highest BCUT2D eigenvalue weighted by molar-refractivity contribution is 7.89. The minimum absolute atomic E-state index is 0.203. The van der Waals surface area contributed by atoms with Crippen LogP contribution in [0.5, 0.6) is 5.75 Å². The molecule has 4 rings (SSSR count). The predicted molar refractivity (Wildman–Crippen MR) is 118 cm³/mol. The van der Waals surface area contributed by atoms with Crippen molar-refractivity contribution in [1.29, 1.82) is 0 Å². The topological polar surface area (TPSA) is 83.9 Å². The van der Waals surface area contributed by atoms with E-state index in [1.807, 2.05) is 54.2 Å². The first-order valence-corrected chi connectivity index (χ1v) is 11.5. The lowest BCUT2D eigenvalue weighted by Crippen LogP contribution is -2.52. The van der Waals surface area contributed by atoms with E-state index in [9.17, 15) is 13.2 Å². The number of carbonyl (C=O) groups excluding carboxylic acids is 1. The van der Waals surface area contributed by atoms with Crippen LogP contribution in [-0.4, -0.2) is 61.5 Å². The predicted octanol–water partition coefficient (Wildman–Crippen LogP) is 2.40. The SMILES string of the molecule is COc1cccc(CNC(=O)N2CCN(S(=O)(=O)c3ccc4c(ccn4C)c3)CC2)c1. The number of benzene rings is 2. The second-order valence-electron chi connectivity index (χ2n) is 7.55. The Morgan fingerprint density at radius 3 is 2.58 bits per heavy atom. The standard InChI is InChI=1S/C22H26N4O4S/c1-24-9-8-18-15-20(6-7-21(18)24)31(28,29)26-12-10-25(11-13-26)22(27)23-16-17-4-3-5-19(14-17)30-2/h3-9,14-15H,10-13,16H2,1-2H3,(H,23,27). The molecule has 1 saturated heterocycles. The van der Waals surface area contributed by atoms with Gasteiger partial charge < -0.3 is 19.5 Å². The van der Waals surface area contributed by atoms with E-state index in [0.29, 0.717) is 19.6 Å². The van der Waals surface area contributed by atoms with Crippen molar-refractivity contribution in [3.8, 4) is 5.75 Å². The molecule has 0 spiro atoms. The molecule has 0 unspecified atom stereocenters. The molecule has 8 nitrogen and oxygen atoms in total. The van der Waals surface area contributed by atoms with E-state index >= 15 is 0 Å². The first kappa shape index (κ1) is 21.2. The molecule has 1 fully saturated rings. The van der Waals surface area contributed by atoms with Gasteiger partial charge in [0.25, 0.3) is 0 Å². The highest BCUT2D eigenvalue weighted by Gasteiger charge is 2.30. The second kappa shape index (κ2) is 8.60. The van der Waals surface area contributed by atoms with Crippen LogP contribution in [0, 0.1) is 0 Å². The number of fused-ring (bicyclic) bond motifs is 1. The smallest absolute Gasteiger partial charge is 0.317 e. The fourth-order valence-corrected chi connectivity index (χ4v) is 5.23. The van der Waals surface area contributed by atoms with Gasteiger partial charge in [-0.3, -0.25) is 0 Å². The van der Waals surface area contributed by atoms with Gasteiger partial charge in [0.1, 0.15) is 5.75 Å². The van der Waals surface area contributed by atoms with Crippen molar-refractivity contribution in [2.45, 2.75) is 11.4 Å². The average Bonchev–Trinajstić information content (AvgIpc) is 3.17. The quantitative estimate of drug-likeness (QED) is 0.658. The van der Waals surface area contributed by atoms with Gasteiger partial charge in [-0.05, 0) is 42.0 Å². The van der Waals surface area contributed by atoms with Crippen molar-refractivity contribution >= 4 is 27.0 Å². The average molecular weight is 443 g/mol. The van der Waals surface area contributed by atoms with Crippen LogP contribution in [0.1, 0.15) is 5.56 Å². The van der Waals surface area contributed by atoms with Crippen molar-refractivity contribution in [2.75, 3.05) is 33.3 Å². The van der Waals surface area contributed by atoms with Crippen molar-refractivity contribution in [3.63, 3.8) is 0 Å². The summed E-state index contributed by atoms with van der Waals surface area (Å²) in [7, 11) is -0.0785. The monoisotopic (exact) mass is 442 g/mol. The molecule has 0 bridgehead atoms. The summed E-state index contributed by atoms with van der Waals surface area (Å²) in [5.41, 5.74) is 1.92. The molecule has 2 aromatic carbocycles. The number of methoxy groups -OCH3 is 1. The van der Waals surface area contributed by atoms with Gasteiger partial charge in [-0.1, -0.05) is 12.1 Å². The fourth-order valence-electron chi connectivity index (χ4n) is 3.77. The van der Waals surface area contributed by atoms with E-state index in [1.54, 1.807) is 24.1 Å². The fraction of sp³-hybridized carbons (Fsp3) is 0.318. The van der Waals surface area contributed by atoms with E-state index in [-0.39, 0.29) is 24.0 Å². The third kappa shape index (κ3) is 4.38. The summed E-state index contributed by atoms with van der Waals surface area (Å²) >= 11 is 0. The molecule has 2 amide bonds. The number of hydrogen-bond acceptors (Lipinski definition) is 4. The molecule has 3 aromatic rings. The number of aryl methyl sites for hydroxylation is 1. The maximum absolute atomic E-state index is 13.1. The second-order valence-corrected chi connectivity index (χ2v) is 9.49. The molecule has 1 aliphatic heterocycles. The number of amides is 2. The van der Waals surface area contributed by atoms with Gasteiger partial charge in [0.2, 0.25) is 10.0 Å². The highest BCUT2D eigenvalue weighted by atomic mass is 32.2. The van der Waals surface area contributed by atoms with Gasteiger partial charge >= 0.3 is 6.03 Å². The van der Waals surface area contributed by atoms with Gasteiger partial charge in [0.15, 0.2) is 0 Å². The minimum atomic E-state index is -3.60. The van der Waals surface area contributed by atoms with E-state index in [0.717, 1.165) is 22.2 Å². The van der Waals surface area contributed by atoms with Crippen LogP contribution in [0.15, 0.2) is 59.6 Å². The molecule has 31 heavy (non-hydrogen) atoms. The number of nitrogens with zero attached hydrogens (tertiary/aromatic N) is 3. The molecule has 0 radical (unpaired) electrons. The molecular weight excluding hydrogens is 416 g/mol. The van der Waals surface area contributed by atoms with Crippen LogP contribution >= 0.6 is 0 Å². The van der Waals surface area contributed by atoms with E-state index < -0.39 is 10.0 Å². The first-order chi connectivity index (χ1) is 14.9. The summed E-state index contributed by atoms with van der Waals surface area (Å²) in [6.07, 6.45) is 1.91. The van der Waals surface area contributed by atoms with Crippen molar-refractivity contribution in [2.24, 2.45) is 7.05 Å². The van der Waals surface area contributed by atoms with Gasteiger partial charge in [0.05, 0.1) is 12.0 Å². The summed E-state index contributed by atoms with van der Waals surface area (Å²) < 4.78 is 34.7. The Labute approximate surface area is 182 Å². The Bertz CT molecular complexity index is 1200. The van der Waals surface area contributed by atoms with Crippen LogP contribution < -0.4 is 10.1 Å². The Hall–Kier alpha value is -3.04. The molecule has 1 aliphatic rings. The molecule has 9 heteroatoms. The number of aromatic nitrogens is 1. The summed E-state index contributed by atoms with van der Waals surface area (Å²) in [5, 5.41) is 3.78. The third-order valence-corrected chi connectivity index (χ3v) is 7.49. The zero-order valence-corrected chi connectivity index (χ0v) is 18.4. The van der Waals surface area contributed by atoms with Crippen LogP contribution in [0.25, 0.3) is 10.9 Å². The minimum Gasteiger partial charge on any atom is -0.497 e. The largest absolute Gasteiger partial charge is 0.497 e. The first-order valence-electron chi connectivity index (χ1n) is 10.1. The van der Waals surface area contributed by atoms with Crippen molar-refractivity contribution in [1.82, 2.24) is 19.1 Å². The van der Waals surface area contributed by atoms with E-state index in [1.165, 1.54) is 4.31 Å². The number of rotatable bonds is 5. The lowest BCUT2D eigenvalue weighted by molar-refractivity contribution is 0.172. The molecule has 1 N–H and O–H groups in total. The molecule has 0 saturated carbocycles. The molecule has 0 atom stereocenters. The molecule has 164 valence electrons.